The molecule has 1 aromatic carbocycles. The first-order valence-corrected chi connectivity index (χ1v) is 10.4. The van der Waals surface area contributed by atoms with Gasteiger partial charge in [-0.1, -0.05) is 0 Å². The molecule has 0 bridgehead atoms. The van der Waals surface area contributed by atoms with Crippen LogP contribution in [-0.4, -0.2) is 76.8 Å². The van der Waals surface area contributed by atoms with Crippen LogP contribution in [0.1, 0.15) is 22.3 Å². The first-order chi connectivity index (χ1) is 13.0. The summed E-state index contributed by atoms with van der Waals surface area (Å²) < 4.78 is 70.7. The zero-order valence-electron chi connectivity index (χ0n) is 15.8. The number of esters is 1. The molecule has 0 atom stereocenters. The summed E-state index contributed by atoms with van der Waals surface area (Å²) in [7, 11) is -0.926. The van der Waals surface area contributed by atoms with Crippen molar-refractivity contribution in [3.05, 3.63) is 29.3 Å². The van der Waals surface area contributed by atoms with E-state index in [0.29, 0.717) is 12.6 Å². The molecule has 1 aliphatic rings. The zero-order valence-corrected chi connectivity index (χ0v) is 16.6. The summed E-state index contributed by atoms with van der Waals surface area (Å²) >= 11 is 0. The Balaban J connectivity index is 2.07. The highest BCUT2D eigenvalue weighted by Gasteiger charge is 2.35. The van der Waals surface area contributed by atoms with Crippen LogP contribution in [0.15, 0.2) is 18.2 Å². The minimum Gasteiger partial charge on any atom is -0.465 e. The molecule has 1 heterocycles. The zero-order chi connectivity index (χ0) is 20.9. The maximum absolute atomic E-state index is 13.2. The van der Waals surface area contributed by atoms with Gasteiger partial charge in [0.05, 0.1) is 29.7 Å². The summed E-state index contributed by atoms with van der Waals surface area (Å²) in [5.74, 6) is -1.18. The van der Waals surface area contributed by atoms with E-state index in [2.05, 4.69) is 14.5 Å². The van der Waals surface area contributed by atoms with Crippen molar-refractivity contribution in [2.45, 2.75) is 12.6 Å². The van der Waals surface area contributed by atoms with Crippen LogP contribution in [0.3, 0.4) is 0 Å². The minimum absolute atomic E-state index is 0.175. The number of sulfonamides is 1. The Bertz CT molecular complexity index is 791. The normalized spacial score (nSPS) is 16.8. The topological polar surface area (TPSA) is 78.9 Å². The number of carbonyl (C=O) groups excluding carboxylic acids is 1. The molecule has 7 nitrogen and oxygen atoms in total. The number of hydrogen-bond donors (Lipinski definition) is 1. The molecule has 1 aromatic rings. The molecule has 0 aliphatic carbocycles. The quantitative estimate of drug-likeness (QED) is 0.675. The van der Waals surface area contributed by atoms with Crippen LogP contribution in [-0.2, 0) is 20.9 Å². The Kier molecular flexibility index (Phi) is 7.29. The summed E-state index contributed by atoms with van der Waals surface area (Å²) in [6.07, 6.45) is -4.48. The van der Waals surface area contributed by atoms with Crippen molar-refractivity contribution in [1.82, 2.24) is 9.80 Å². The average molecular weight is 423 g/mol. The molecule has 0 spiro atoms. The van der Waals surface area contributed by atoms with Crippen molar-refractivity contribution in [1.29, 1.82) is 0 Å². The van der Waals surface area contributed by atoms with E-state index in [1.807, 2.05) is 11.8 Å². The van der Waals surface area contributed by atoms with Crippen LogP contribution in [0.2, 0.25) is 0 Å². The highest BCUT2D eigenvalue weighted by Crippen LogP contribution is 2.36. The number of methoxy groups -OCH3 is 1. The molecule has 1 aliphatic heterocycles. The summed E-state index contributed by atoms with van der Waals surface area (Å²) in [6, 6.07) is 2.45. The largest absolute Gasteiger partial charge is 0.465 e. The number of benzene rings is 1. The van der Waals surface area contributed by atoms with Gasteiger partial charge in [0.15, 0.2) is 0 Å². The summed E-state index contributed by atoms with van der Waals surface area (Å²) in [5, 5.41) is 0. The number of nitrogens with zero attached hydrogens (tertiary/aromatic N) is 2. The van der Waals surface area contributed by atoms with Crippen LogP contribution in [0.25, 0.3) is 0 Å². The molecule has 2 rings (SSSR count). The van der Waals surface area contributed by atoms with E-state index in [9.17, 15) is 26.4 Å². The predicted molar refractivity (Wildman–Crippen MR) is 98.7 cm³/mol. The third-order valence-corrected chi connectivity index (χ3v) is 5.85. The first-order valence-electron chi connectivity index (χ1n) is 8.73. The number of likely N-dealkylation sites (N-methyl/N-ethyl adjacent to an activating group) is 1. The summed E-state index contributed by atoms with van der Waals surface area (Å²) in [5.41, 5.74) is -2.02. The van der Waals surface area contributed by atoms with Gasteiger partial charge in [-0.05, 0) is 38.2 Å². The molecule has 158 valence electrons. The van der Waals surface area contributed by atoms with Gasteiger partial charge in [0.25, 0.3) is 0 Å². The van der Waals surface area contributed by atoms with Crippen molar-refractivity contribution in [2.24, 2.45) is 0 Å². The van der Waals surface area contributed by atoms with Gasteiger partial charge >= 0.3 is 12.1 Å². The fourth-order valence-corrected chi connectivity index (χ4v) is 4.00. The van der Waals surface area contributed by atoms with Gasteiger partial charge in [-0.2, -0.15) is 13.2 Å². The lowest BCUT2D eigenvalue weighted by Gasteiger charge is -2.32. The number of ether oxygens (including phenoxy) is 1. The number of carbonyl (C=O) groups is 1. The molecule has 1 N–H and O–H groups in total. The first kappa shape index (κ1) is 22.4. The highest BCUT2D eigenvalue weighted by atomic mass is 32.2. The molecule has 0 unspecified atom stereocenters. The Hall–Kier alpha value is -1.85. The maximum Gasteiger partial charge on any atom is 0.418 e. The third kappa shape index (κ3) is 6.35. The molecule has 1 fully saturated rings. The molecular weight excluding hydrogens is 399 g/mol. The molecule has 11 heteroatoms. The van der Waals surface area contributed by atoms with Gasteiger partial charge in [-0.25, -0.2) is 13.2 Å². The summed E-state index contributed by atoms with van der Waals surface area (Å²) in [4.78, 5) is 15.9. The van der Waals surface area contributed by atoms with Gasteiger partial charge in [0, 0.05) is 26.2 Å². The van der Waals surface area contributed by atoms with Crippen molar-refractivity contribution in [3.63, 3.8) is 0 Å². The van der Waals surface area contributed by atoms with E-state index in [1.165, 1.54) is 0 Å². The van der Waals surface area contributed by atoms with E-state index < -0.39 is 33.4 Å². The van der Waals surface area contributed by atoms with Crippen LogP contribution in [0.4, 0.5) is 18.9 Å². The second kappa shape index (κ2) is 9.10. The van der Waals surface area contributed by atoms with Crippen LogP contribution in [0.5, 0.6) is 0 Å². The Morgan fingerprint density at radius 1 is 1.21 bits per heavy atom. The Morgan fingerprint density at radius 2 is 1.86 bits per heavy atom. The lowest BCUT2D eigenvalue weighted by molar-refractivity contribution is -0.136. The predicted octanol–water partition coefficient (Wildman–Crippen LogP) is 1.87. The van der Waals surface area contributed by atoms with Crippen molar-refractivity contribution < 1.29 is 31.1 Å². The molecule has 0 radical (unpaired) electrons. The van der Waals surface area contributed by atoms with E-state index in [4.69, 9.17) is 0 Å². The third-order valence-electron chi connectivity index (χ3n) is 4.49. The number of nitrogens with one attached hydrogen (secondary N) is 1. The Labute approximate surface area is 162 Å². The molecule has 0 amide bonds. The van der Waals surface area contributed by atoms with Crippen LogP contribution < -0.4 is 4.72 Å². The fraction of sp³-hybridized carbons (Fsp3) is 0.588. The SMILES string of the molecule is COC(=O)c1ccc(C(F)(F)F)c(NS(=O)(=O)CCCN2CCN(C)CC2)c1. The smallest absolute Gasteiger partial charge is 0.418 e. The molecule has 0 aromatic heterocycles. The minimum atomic E-state index is -4.77. The van der Waals surface area contributed by atoms with Gasteiger partial charge < -0.3 is 14.5 Å². The highest BCUT2D eigenvalue weighted by molar-refractivity contribution is 7.92. The van der Waals surface area contributed by atoms with Crippen molar-refractivity contribution in [2.75, 3.05) is 57.4 Å². The Morgan fingerprint density at radius 3 is 2.43 bits per heavy atom. The van der Waals surface area contributed by atoms with Gasteiger partial charge in [-0.3, -0.25) is 4.72 Å². The standard InChI is InChI=1S/C17H24F3N3O4S/c1-22-7-9-23(10-8-22)6-3-11-28(25,26)21-15-12-13(16(24)27-2)4-5-14(15)17(18,19)20/h4-5,12,21H,3,6-11H2,1-2H3. The van der Waals surface area contributed by atoms with Gasteiger partial charge in [0.2, 0.25) is 10.0 Å². The van der Waals surface area contributed by atoms with Crippen molar-refractivity contribution in [3.8, 4) is 0 Å². The number of halogens is 3. The van der Waals surface area contributed by atoms with Crippen LogP contribution in [0, 0.1) is 0 Å². The summed E-state index contributed by atoms with van der Waals surface area (Å²) in [6.45, 7) is 3.97. The van der Waals surface area contributed by atoms with E-state index in [1.54, 1.807) is 0 Å². The van der Waals surface area contributed by atoms with Crippen LogP contribution >= 0.6 is 0 Å². The fourth-order valence-electron chi connectivity index (χ4n) is 2.89. The van der Waals surface area contributed by atoms with Crippen molar-refractivity contribution >= 4 is 21.7 Å². The lowest BCUT2D eigenvalue weighted by atomic mass is 10.1. The molecule has 0 saturated carbocycles. The number of rotatable bonds is 7. The van der Waals surface area contributed by atoms with E-state index in [0.717, 1.165) is 45.4 Å². The molecular formula is C17H24F3N3O4S. The second-order valence-corrected chi connectivity index (χ2v) is 8.51. The number of piperazine rings is 1. The van der Waals surface area contributed by atoms with E-state index >= 15 is 0 Å². The van der Waals surface area contributed by atoms with Gasteiger partial charge in [0.1, 0.15) is 0 Å². The number of alkyl halides is 3. The van der Waals surface area contributed by atoms with Gasteiger partial charge in [-0.15, -0.1) is 0 Å². The second-order valence-electron chi connectivity index (χ2n) is 6.67. The average Bonchev–Trinajstić information content (AvgIpc) is 2.61. The van der Waals surface area contributed by atoms with E-state index in [-0.39, 0.29) is 17.7 Å². The number of anilines is 1. The molecule has 1 saturated heterocycles. The maximum atomic E-state index is 13.2. The lowest BCUT2D eigenvalue weighted by Crippen LogP contribution is -2.45. The number of hydrogen-bond acceptors (Lipinski definition) is 6. The molecule has 28 heavy (non-hydrogen) atoms. The monoisotopic (exact) mass is 423 g/mol.